The van der Waals surface area contributed by atoms with Crippen LogP contribution in [0.15, 0.2) is 11.0 Å². The topological polar surface area (TPSA) is 228 Å². The van der Waals surface area contributed by atoms with E-state index in [0.717, 1.165) is 10.8 Å². The number of aromatic nitrogens is 3. The zero-order valence-electron chi connectivity index (χ0n) is 13.4. The Kier molecular flexibility index (Phi) is 5.41. The summed E-state index contributed by atoms with van der Waals surface area (Å²) in [5.41, 5.74) is 9.73. The summed E-state index contributed by atoms with van der Waals surface area (Å²) < 4.78 is 10.9. The van der Waals surface area contributed by atoms with E-state index in [9.17, 15) is 19.8 Å². The number of carbonyl (C=O) groups excluding carboxylic acids is 1. The third-order valence-electron chi connectivity index (χ3n) is 3.78. The number of aliphatic hydroxyl groups excluding tert-OH is 3. The third kappa shape index (κ3) is 3.52. The number of aromatic amines is 1. The SMILES string of the molecule is NC(=O)c1cn([C@@H]2O[C@H](OOP(O)CO)[C@H](O)C2O)c2nc(N)[nH]c(=O)c12. The number of hydrogen-bond donors (Lipinski definition) is 7. The lowest BCUT2D eigenvalue weighted by Gasteiger charge is -2.17. The van der Waals surface area contributed by atoms with Crippen LogP contribution in [0.3, 0.4) is 0 Å². The van der Waals surface area contributed by atoms with Crippen LogP contribution in [0.25, 0.3) is 11.0 Å². The monoisotopic (exact) mass is 405 g/mol. The van der Waals surface area contributed by atoms with Gasteiger partial charge in [0.25, 0.3) is 11.5 Å². The van der Waals surface area contributed by atoms with Gasteiger partial charge in [-0.1, -0.05) is 0 Å². The zero-order chi connectivity index (χ0) is 19.9. The van der Waals surface area contributed by atoms with E-state index < -0.39 is 50.9 Å². The van der Waals surface area contributed by atoms with Crippen LogP contribution in [0, 0.1) is 0 Å². The smallest absolute Gasteiger partial charge is 0.262 e. The van der Waals surface area contributed by atoms with Gasteiger partial charge in [0.2, 0.25) is 20.6 Å². The van der Waals surface area contributed by atoms with Gasteiger partial charge in [-0.2, -0.15) is 14.5 Å². The van der Waals surface area contributed by atoms with Crippen molar-refractivity contribution in [3.05, 3.63) is 22.1 Å². The van der Waals surface area contributed by atoms with Crippen molar-refractivity contribution in [3.8, 4) is 0 Å². The van der Waals surface area contributed by atoms with Gasteiger partial charge in [0.15, 0.2) is 11.9 Å². The summed E-state index contributed by atoms with van der Waals surface area (Å²) in [7, 11) is -2.32. The van der Waals surface area contributed by atoms with E-state index in [0.29, 0.717) is 0 Å². The van der Waals surface area contributed by atoms with E-state index in [2.05, 4.69) is 19.5 Å². The molecule has 0 aromatic carbocycles. The molecular weight excluding hydrogens is 389 g/mol. The Labute approximate surface area is 150 Å². The molecule has 0 aliphatic carbocycles. The fourth-order valence-corrected chi connectivity index (χ4v) is 2.84. The number of fused-ring (bicyclic) bond motifs is 1. The molecule has 0 bridgehead atoms. The van der Waals surface area contributed by atoms with Gasteiger partial charge < -0.3 is 41.0 Å². The molecule has 0 radical (unpaired) electrons. The number of rotatable bonds is 6. The molecule has 14 nitrogen and oxygen atoms in total. The predicted octanol–water partition coefficient (Wildman–Crippen LogP) is -2.82. The Morgan fingerprint density at radius 3 is 2.78 bits per heavy atom. The van der Waals surface area contributed by atoms with Crippen molar-refractivity contribution >= 4 is 31.3 Å². The highest BCUT2D eigenvalue weighted by atomic mass is 31.2. The summed E-state index contributed by atoms with van der Waals surface area (Å²) in [6.07, 6.45) is -5.76. The molecule has 2 aromatic rings. The van der Waals surface area contributed by atoms with E-state index >= 15 is 0 Å². The molecule has 9 N–H and O–H groups in total. The Hall–Kier alpha value is -2.16. The number of carbonyl (C=O) groups is 1. The molecule has 0 spiro atoms. The highest BCUT2D eigenvalue weighted by Crippen LogP contribution is 2.36. The minimum atomic E-state index is -2.32. The van der Waals surface area contributed by atoms with E-state index in [1.54, 1.807) is 0 Å². The fourth-order valence-electron chi connectivity index (χ4n) is 2.61. The summed E-state index contributed by atoms with van der Waals surface area (Å²) in [5, 5.41) is 28.8. The first-order valence-electron chi connectivity index (χ1n) is 7.37. The van der Waals surface area contributed by atoms with Crippen LogP contribution in [0.5, 0.6) is 0 Å². The van der Waals surface area contributed by atoms with Gasteiger partial charge in [-0.25, -0.2) is 0 Å². The van der Waals surface area contributed by atoms with Gasteiger partial charge in [0.05, 0.1) is 10.9 Å². The number of anilines is 1. The Morgan fingerprint density at radius 2 is 2.15 bits per heavy atom. The lowest BCUT2D eigenvalue weighted by molar-refractivity contribution is -0.332. The first kappa shape index (κ1) is 19.6. The van der Waals surface area contributed by atoms with Gasteiger partial charge in [-0.15, -0.1) is 0 Å². The van der Waals surface area contributed by atoms with Gasteiger partial charge in [0, 0.05) is 6.20 Å². The summed E-state index contributed by atoms with van der Waals surface area (Å²) in [4.78, 5) is 43.8. The predicted molar refractivity (Wildman–Crippen MR) is 87.6 cm³/mol. The Bertz CT molecular complexity index is 917. The maximum Gasteiger partial charge on any atom is 0.262 e. The highest BCUT2D eigenvalue weighted by molar-refractivity contribution is 7.45. The molecule has 3 heterocycles. The summed E-state index contributed by atoms with van der Waals surface area (Å²) in [5.74, 6) is -1.20. The molecule has 1 aliphatic heterocycles. The zero-order valence-corrected chi connectivity index (χ0v) is 14.3. The van der Waals surface area contributed by atoms with Crippen molar-refractivity contribution in [1.29, 1.82) is 0 Å². The first-order valence-corrected chi connectivity index (χ1v) is 8.76. The Balaban J connectivity index is 2.00. The molecule has 1 saturated heterocycles. The molecule has 0 saturated carbocycles. The number of primary amides is 1. The second kappa shape index (κ2) is 7.46. The van der Waals surface area contributed by atoms with E-state index in [4.69, 9.17) is 26.2 Å². The molecule has 15 heteroatoms. The normalized spacial score (nSPS) is 26.5. The van der Waals surface area contributed by atoms with Crippen LogP contribution >= 0.6 is 8.38 Å². The van der Waals surface area contributed by atoms with Crippen molar-refractivity contribution in [2.45, 2.75) is 24.7 Å². The van der Waals surface area contributed by atoms with Crippen molar-refractivity contribution < 1.29 is 39.3 Å². The van der Waals surface area contributed by atoms with Crippen LogP contribution in [-0.4, -0.2) is 65.5 Å². The van der Waals surface area contributed by atoms with E-state index in [1.807, 2.05) is 0 Å². The maximum atomic E-state index is 12.1. The number of aliphatic hydroxyl groups is 3. The lowest BCUT2D eigenvalue weighted by atomic mass is 10.2. The first-order chi connectivity index (χ1) is 12.7. The number of nitrogens with zero attached hydrogens (tertiary/aromatic N) is 2. The van der Waals surface area contributed by atoms with Gasteiger partial charge in [-0.3, -0.25) is 14.6 Å². The molecule has 2 unspecified atom stereocenters. The van der Waals surface area contributed by atoms with Crippen LogP contribution in [0.4, 0.5) is 5.95 Å². The molecule has 1 fully saturated rings. The standard InChI is InChI=1S/C12H16N5O9P/c13-7(21)3-1-17(8-4(3)9(22)16-12(14)15-8)10-5(19)6(20)11(24-10)25-26-27(23)2-18/h1,5-6,10-11,18-20,23H,2H2,(H2,13,21)(H3,14,15,16,22)/t5?,6-,10-,11-,27?/m1/s1. The molecule has 3 rings (SSSR count). The average molecular weight is 405 g/mol. The number of nitrogens with two attached hydrogens (primary N) is 2. The lowest BCUT2D eigenvalue weighted by Crippen LogP contribution is -2.32. The van der Waals surface area contributed by atoms with Crippen molar-refractivity contribution in [1.82, 2.24) is 14.5 Å². The summed E-state index contributed by atoms with van der Waals surface area (Å²) >= 11 is 0. The summed E-state index contributed by atoms with van der Waals surface area (Å²) in [6.45, 7) is 0. The number of ether oxygens (including phenoxy) is 1. The minimum Gasteiger partial charge on any atom is -0.387 e. The molecule has 148 valence electrons. The second-order valence-corrected chi connectivity index (χ2v) is 6.64. The number of nitrogens with one attached hydrogen (secondary N) is 1. The average Bonchev–Trinajstić information content (AvgIpc) is 3.12. The second-order valence-electron chi connectivity index (χ2n) is 5.50. The van der Waals surface area contributed by atoms with E-state index in [-0.39, 0.29) is 22.5 Å². The molecule has 27 heavy (non-hydrogen) atoms. The van der Waals surface area contributed by atoms with Crippen LogP contribution in [0.1, 0.15) is 16.6 Å². The molecule has 2 aromatic heterocycles. The molecular formula is C12H16N5O9P. The Morgan fingerprint density at radius 1 is 1.44 bits per heavy atom. The molecule has 1 amide bonds. The number of amides is 1. The summed E-state index contributed by atoms with van der Waals surface area (Å²) in [6, 6.07) is 0. The van der Waals surface area contributed by atoms with Gasteiger partial charge in [0.1, 0.15) is 18.6 Å². The van der Waals surface area contributed by atoms with Gasteiger partial charge in [-0.05, 0) is 0 Å². The van der Waals surface area contributed by atoms with Crippen molar-refractivity contribution in [2.75, 3.05) is 12.1 Å². The minimum absolute atomic E-state index is 0.123. The van der Waals surface area contributed by atoms with Crippen LogP contribution < -0.4 is 17.0 Å². The van der Waals surface area contributed by atoms with Crippen LogP contribution in [-0.2, 0) is 14.3 Å². The third-order valence-corrected chi connectivity index (χ3v) is 4.28. The quantitative estimate of drug-likeness (QED) is 0.147. The highest BCUT2D eigenvalue weighted by Gasteiger charge is 2.46. The maximum absolute atomic E-state index is 12.1. The van der Waals surface area contributed by atoms with Crippen molar-refractivity contribution in [3.63, 3.8) is 0 Å². The number of hydrogen-bond acceptors (Lipinski definition) is 11. The fraction of sp³-hybridized carbons (Fsp3) is 0.417. The van der Waals surface area contributed by atoms with Gasteiger partial charge >= 0.3 is 0 Å². The number of nitrogen functional groups attached to an aromatic ring is 1. The molecule has 5 atom stereocenters. The van der Waals surface area contributed by atoms with Crippen LogP contribution in [0.2, 0.25) is 0 Å². The number of H-pyrrole nitrogens is 1. The largest absolute Gasteiger partial charge is 0.387 e. The van der Waals surface area contributed by atoms with E-state index in [1.165, 1.54) is 0 Å². The molecule has 1 aliphatic rings. The van der Waals surface area contributed by atoms with Crippen molar-refractivity contribution in [2.24, 2.45) is 5.73 Å².